The zero-order valence-corrected chi connectivity index (χ0v) is 14.8. The van der Waals surface area contributed by atoms with Gasteiger partial charge in [-0.05, 0) is 54.9 Å². The van der Waals surface area contributed by atoms with Gasteiger partial charge in [0.2, 0.25) is 0 Å². The molecule has 3 nitrogen and oxygen atoms in total. The van der Waals surface area contributed by atoms with Crippen LogP contribution in [0, 0.1) is 28.6 Å². The first-order chi connectivity index (χ1) is 10.8. The molecule has 3 aliphatic carbocycles. The zero-order chi connectivity index (χ0) is 16.8. The van der Waals surface area contributed by atoms with Crippen molar-refractivity contribution in [3.05, 3.63) is 23.3 Å². The Balaban J connectivity index is 1.93. The van der Waals surface area contributed by atoms with Crippen LogP contribution >= 0.6 is 0 Å². The number of aliphatic hydroxyl groups is 3. The lowest BCUT2D eigenvalue weighted by atomic mass is 9.54. The Bertz CT molecular complexity index is 519. The largest absolute Gasteiger partial charge is 0.396 e. The van der Waals surface area contributed by atoms with Gasteiger partial charge in [-0.25, -0.2) is 0 Å². The van der Waals surface area contributed by atoms with Gasteiger partial charge in [0, 0.05) is 17.9 Å². The van der Waals surface area contributed by atoms with Crippen LogP contribution in [-0.2, 0) is 0 Å². The molecule has 3 aliphatic rings. The number of aliphatic hydroxyl groups excluding tert-OH is 3. The fourth-order valence-corrected chi connectivity index (χ4v) is 5.59. The maximum atomic E-state index is 10.2. The summed E-state index contributed by atoms with van der Waals surface area (Å²) >= 11 is 0. The van der Waals surface area contributed by atoms with Crippen LogP contribution < -0.4 is 0 Å². The molecule has 0 aromatic heterocycles. The smallest absolute Gasteiger partial charge is 0.0544 e. The van der Waals surface area contributed by atoms with Crippen LogP contribution in [0.25, 0.3) is 0 Å². The third-order valence-electron chi connectivity index (χ3n) is 7.17. The lowest BCUT2D eigenvalue weighted by Crippen LogP contribution is -2.48. The summed E-state index contributed by atoms with van der Waals surface area (Å²) in [6.45, 7) is 7.11. The lowest BCUT2D eigenvalue weighted by molar-refractivity contribution is -0.0636. The van der Waals surface area contributed by atoms with Gasteiger partial charge >= 0.3 is 0 Å². The van der Waals surface area contributed by atoms with E-state index in [1.165, 1.54) is 11.1 Å². The molecule has 3 rings (SSSR count). The van der Waals surface area contributed by atoms with E-state index in [9.17, 15) is 15.3 Å². The second-order valence-corrected chi connectivity index (χ2v) is 8.74. The minimum atomic E-state index is -0.281. The number of hydrogen-bond donors (Lipinski definition) is 3. The molecule has 23 heavy (non-hydrogen) atoms. The average Bonchev–Trinajstić information content (AvgIpc) is 2.84. The lowest BCUT2D eigenvalue weighted by Gasteiger charge is -2.52. The van der Waals surface area contributed by atoms with E-state index in [-0.39, 0.29) is 42.0 Å². The molecule has 0 aromatic carbocycles. The van der Waals surface area contributed by atoms with Gasteiger partial charge in [-0.15, -0.1) is 0 Å². The van der Waals surface area contributed by atoms with Gasteiger partial charge < -0.3 is 15.3 Å². The summed E-state index contributed by atoms with van der Waals surface area (Å²) < 4.78 is 0. The number of allylic oxidation sites excluding steroid dienone is 3. The van der Waals surface area contributed by atoms with E-state index >= 15 is 0 Å². The van der Waals surface area contributed by atoms with E-state index in [1.54, 1.807) is 0 Å². The van der Waals surface area contributed by atoms with Crippen molar-refractivity contribution >= 4 is 0 Å². The van der Waals surface area contributed by atoms with Crippen molar-refractivity contribution < 1.29 is 15.3 Å². The van der Waals surface area contributed by atoms with Crippen molar-refractivity contribution in [1.82, 2.24) is 0 Å². The maximum Gasteiger partial charge on any atom is 0.0544 e. The van der Waals surface area contributed by atoms with Crippen LogP contribution in [-0.4, -0.2) is 34.6 Å². The topological polar surface area (TPSA) is 60.7 Å². The Morgan fingerprint density at radius 2 is 1.87 bits per heavy atom. The molecule has 3 N–H and O–H groups in total. The molecule has 0 bridgehead atoms. The summed E-state index contributed by atoms with van der Waals surface area (Å²) in [7, 11) is 0. The van der Waals surface area contributed by atoms with Crippen LogP contribution in [0.2, 0.25) is 0 Å². The summed E-state index contributed by atoms with van der Waals surface area (Å²) in [6.07, 6.45) is 8.85. The first-order valence-electron chi connectivity index (χ1n) is 9.16. The highest BCUT2D eigenvalue weighted by Gasteiger charge is 2.50. The van der Waals surface area contributed by atoms with Crippen LogP contribution in [0.3, 0.4) is 0 Å². The second kappa shape index (κ2) is 6.02. The molecule has 0 unspecified atom stereocenters. The highest BCUT2D eigenvalue weighted by atomic mass is 16.3. The monoisotopic (exact) mass is 320 g/mol. The standard InChI is InChI=1S/C20H32O3/c1-19(2)8-7-15-16(12-22)18(5-4-17(15)19)20(3)9-6-14(23)10-13(20)11-21/h7-8,13-14,16,18,21-23H,4-6,9-12H2,1-3H3/t13-,14+,16+,18+,20+/m1/s1. The van der Waals surface area contributed by atoms with Gasteiger partial charge in [-0.3, -0.25) is 0 Å². The van der Waals surface area contributed by atoms with E-state index in [2.05, 4.69) is 32.9 Å². The minimum Gasteiger partial charge on any atom is -0.396 e. The Labute approximate surface area is 140 Å². The maximum absolute atomic E-state index is 10.2. The van der Waals surface area contributed by atoms with Gasteiger partial charge in [0.1, 0.15) is 0 Å². The van der Waals surface area contributed by atoms with E-state index in [0.29, 0.717) is 12.3 Å². The van der Waals surface area contributed by atoms with Crippen LogP contribution in [0.1, 0.15) is 52.9 Å². The van der Waals surface area contributed by atoms with Crippen molar-refractivity contribution in [1.29, 1.82) is 0 Å². The Morgan fingerprint density at radius 3 is 2.52 bits per heavy atom. The highest BCUT2D eigenvalue weighted by Crippen LogP contribution is 2.57. The molecule has 5 atom stereocenters. The summed E-state index contributed by atoms with van der Waals surface area (Å²) in [4.78, 5) is 0. The summed E-state index contributed by atoms with van der Waals surface area (Å²) in [6, 6.07) is 0. The Kier molecular flexibility index (Phi) is 4.50. The predicted octanol–water partition coefficient (Wildman–Crippen LogP) is 3.06. The van der Waals surface area contributed by atoms with E-state index < -0.39 is 0 Å². The molecule has 3 heteroatoms. The van der Waals surface area contributed by atoms with Crippen molar-refractivity contribution in [3.63, 3.8) is 0 Å². The number of hydrogen-bond acceptors (Lipinski definition) is 3. The van der Waals surface area contributed by atoms with Gasteiger partial charge in [0.05, 0.1) is 12.7 Å². The molecular weight excluding hydrogens is 288 g/mol. The SMILES string of the molecule is CC1(C)C=CC2=C1CC[C@H]([C@@]1(C)CC[C@H](O)C[C@@H]1CO)[C@H]2CO. The average molecular weight is 320 g/mol. The van der Waals surface area contributed by atoms with Crippen LogP contribution in [0.4, 0.5) is 0 Å². The summed E-state index contributed by atoms with van der Waals surface area (Å²) in [5.74, 6) is 0.686. The molecule has 0 saturated heterocycles. The molecule has 0 spiro atoms. The molecule has 1 saturated carbocycles. The fraction of sp³-hybridized carbons (Fsp3) is 0.800. The third kappa shape index (κ3) is 2.71. The van der Waals surface area contributed by atoms with Crippen LogP contribution in [0.5, 0.6) is 0 Å². The minimum absolute atomic E-state index is 0.000476. The second-order valence-electron chi connectivity index (χ2n) is 8.74. The molecule has 1 fully saturated rings. The van der Waals surface area contributed by atoms with Crippen molar-refractivity contribution in [3.8, 4) is 0 Å². The Morgan fingerprint density at radius 1 is 1.13 bits per heavy atom. The predicted molar refractivity (Wildman–Crippen MR) is 91.8 cm³/mol. The van der Waals surface area contributed by atoms with E-state index in [0.717, 1.165) is 25.7 Å². The third-order valence-corrected chi connectivity index (χ3v) is 7.17. The molecule has 0 radical (unpaired) electrons. The zero-order valence-electron chi connectivity index (χ0n) is 14.8. The molecule has 130 valence electrons. The molecule has 0 aliphatic heterocycles. The van der Waals surface area contributed by atoms with E-state index in [1.807, 2.05) is 0 Å². The first-order valence-corrected chi connectivity index (χ1v) is 9.16. The van der Waals surface area contributed by atoms with Gasteiger partial charge in [-0.1, -0.05) is 38.5 Å². The van der Waals surface area contributed by atoms with Gasteiger partial charge in [0.25, 0.3) is 0 Å². The Hall–Kier alpha value is -0.640. The fourth-order valence-electron chi connectivity index (χ4n) is 5.59. The molecule has 0 amide bonds. The summed E-state index contributed by atoms with van der Waals surface area (Å²) in [5.41, 5.74) is 2.96. The van der Waals surface area contributed by atoms with Crippen molar-refractivity contribution in [2.75, 3.05) is 13.2 Å². The van der Waals surface area contributed by atoms with Crippen molar-refractivity contribution in [2.45, 2.75) is 59.0 Å². The van der Waals surface area contributed by atoms with Gasteiger partial charge in [0.15, 0.2) is 0 Å². The quantitative estimate of drug-likeness (QED) is 0.749. The van der Waals surface area contributed by atoms with Crippen molar-refractivity contribution in [2.24, 2.45) is 28.6 Å². The van der Waals surface area contributed by atoms with Crippen LogP contribution in [0.15, 0.2) is 23.3 Å². The normalized spacial score (nSPS) is 42.9. The molecule has 0 heterocycles. The first kappa shape index (κ1) is 17.2. The molecular formula is C20H32O3. The van der Waals surface area contributed by atoms with Gasteiger partial charge in [-0.2, -0.15) is 0 Å². The molecule has 0 aromatic rings. The highest BCUT2D eigenvalue weighted by molar-refractivity contribution is 5.44. The van der Waals surface area contributed by atoms with E-state index in [4.69, 9.17) is 0 Å². The number of rotatable bonds is 3. The summed E-state index contributed by atoms with van der Waals surface area (Å²) in [5, 5.41) is 30.1.